The fourth-order valence-electron chi connectivity index (χ4n) is 1.84. The summed E-state index contributed by atoms with van der Waals surface area (Å²) < 4.78 is 6.29. The van der Waals surface area contributed by atoms with Gasteiger partial charge in [-0.05, 0) is 54.8 Å². The Morgan fingerprint density at radius 2 is 2.17 bits per heavy atom. The van der Waals surface area contributed by atoms with Crippen molar-refractivity contribution in [1.29, 1.82) is 0 Å². The van der Waals surface area contributed by atoms with Crippen LogP contribution in [0.1, 0.15) is 29.8 Å². The van der Waals surface area contributed by atoms with Crippen LogP contribution < -0.4 is 0 Å². The molecule has 0 fully saturated rings. The zero-order chi connectivity index (χ0) is 13.3. The summed E-state index contributed by atoms with van der Waals surface area (Å²) in [5, 5.41) is 0. The Balaban J connectivity index is 2.46. The van der Waals surface area contributed by atoms with E-state index in [2.05, 4.69) is 27.6 Å². The number of hydrogen-bond acceptors (Lipinski definition) is 4. The van der Waals surface area contributed by atoms with E-state index >= 15 is 0 Å². The molecular weight excluding hydrogens is 361 g/mol. The van der Waals surface area contributed by atoms with Gasteiger partial charge in [-0.3, -0.25) is 0 Å². The topological polar surface area (TPSA) is 38.7 Å². The molecule has 1 heterocycles. The van der Waals surface area contributed by atoms with Gasteiger partial charge in [-0.15, -0.1) is 0 Å². The molecule has 0 N–H and O–H groups in total. The van der Waals surface area contributed by atoms with Crippen LogP contribution in [0.5, 0.6) is 0 Å². The molecule has 0 radical (unpaired) electrons. The highest BCUT2D eigenvalue weighted by Crippen LogP contribution is 2.27. The van der Waals surface area contributed by atoms with Crippen LogP contribution in [-0.2, 0) is 4.74 Å². The molecule has 2 rings (SSSR count). The van der Waals surface area contributed by atoms with Gasteiger partial charge >= 0.3 is 5.97 Å². The molecule has 0 unspecified atom stereocenters. The van der Waals surface area contributed by atoms with Crippen LogP contribution in [0.15, 0.2) is 23.2 Å². The quantitative estimate of drug-likeness (QED) is 0.601. The van der Waals surface area contributed by atoms with Gasteiger partial charge in [0.25, 0.3) is 0 Å². The first-order chi connectivity index (χ1) is 8.44. The van der Waals surface area contributed by atoms with E-state index in [1.807, 2.05) is 32.2 Å². The van der Waals surface area contributed by atoms with Gasteiger partial charge in [0, 0.05) is 9.32 Å². The highest BCUT2D eigenvalue weighted by Gasteiger charge is 2.31. The Labute approximate surface area is 125 Å². The van der Waals surface area contributed by atoms with E-state index in [4.69, 9.17) is 4.74 Å². The number of esters is 1. The number of carbonyl (C=O) groups excluding carboxylic acids is 1. The van der Waals surface area contributed by atoms with Crippen LogP contribution in [0.3, 0.4) is 0 Å². The van der Waals surface area contributed by atoms with Crippen LogP contribution in [0.2, 0.25) is 0 Å². The molecule has 0 amide bonds. The highest BCUT2D eigenvalue weighted by molar-refractivity contribution is 14.1. The number of benzene rings is 1. The predicted molar refractivity (Wildman–Crippen MR) is 83.6 cm³/mol. The van der Waals surface area contributed by atoms with Crippen molar-refractivity contribution in [1.82, 2.24) is 0 Å². The van der Waals surface area contributed by atoms with Gasteiger partial charge in [0.1, 0.15) is 0 Å². The number of ether oxygens (including phenoxy) is 1. The Hall–Kier alpha value is -0.560. The molecule has 1 aromatic rings. The molecule has 0 spiro atoms. The summed E-state index contributed by atoms with van der Waals surface area (Å²) in [6, 6.07) is 5.60. The van der Waals surface area contributed by atoms with Crippen LogP contribution in [0.25, 0.3) is 0 Å². The maximum Gasteiger partial charge on any atom is 0.345 e. The molecule has 0 aromatic heterocycles. The first kappa shape index (κ1) is 13.9. The minimum atomic E-state index is -0.304. The first-order valence-corrected chi connectivity index (χ1v) is 8.02. The molecule has 0 bridgehead atoms. The number of aliphatic imine (C=N–C) groups is 1. The summed E-state index contributed by atoms with van der Waals surface area (Å²) >= 11 is 3.93. The van der Waals surface area contributed by atoms with E-state index in [1.54, 1.807) is 17.8 Å². The normalized spacial score (nSPS) is 16.9. The molecule has 18 heavy (non-hydrogen) atoms. The van der Waals surface area contributed by atoms with Gasteiger partial charge < -0.3 is 4.74 Å². The summed E-state index contributed by atoms with van der Waals surface area (Å²) in [4.78, 5) is 16.4. The fourth-order valence-corrected chi connectivity index (χ4v) is 3.34. The van der Waals surface area contributed by atoms with Gasteiger partial charge in [0.2, 0.25) is 5.90 Å². The van der Waals surface area contributed by atoms with Gasteiger partial charge in [-0.2, -0.15) is 11.8 Å². The molecule has 0 aliphatic carbocycles. The van der Waals surface area contributed by atoms with Crippen molar-refractivity contribution in [3.63, 3.8) is 0 Å². The van der Waals surface area contributed by atoms with Crippen molar-refractivity contribution >= 4 is 46.2 Å². The summed E-state index contributed by atoms with van der Waals surface area (Å²) in [6.07, 6.45) is 2.04. The Morgan fingerprint density at radius 3 is 2.83 bits per heavy atom. The first-order valence-electron chi connectivity index (χ1n) is 5.54. The minimum Gasteiger partial charge on any atom is -0.403 e. The van der Waals surface area contributed by atoms with E-state index in [9.17, 15) is 4.79 Å². The molecule has 0 saturated carbocycles. The maximum atomic E-state index is 11.8. The van der Waals surface area contributed by atoms with Crippen molar-refractivity contribution in [3.8, 4) is 0 Å². The molecule has 5 heteroatoms. The van der Waals surface area contributed by atoms with E-state index in [0.717, 1.165) is 14.9 Å². The number of rotatable bonds is 3. The fraction of sp³-hybridized carbons (Fsp3) is 0.385. The average Bonchev–Trinajstić information content (AvgIpc) is 2.56. The number of hydrogen-bond donors (Lipinski definition) is 0. The zero-order valence-electron chi connectivity index (χ0n) is 10.5. The largest absolute Gasteiger partial charge is 0.403 e. The highest BCUT2D eigenvalue weighted by atomic mass is 127. The average molecular weight is 375 g/mol. The predicted octanol–water partition coefficient (Wildman–Crippen LogP) is 3.35. The van der Waals surface area contributed by atoms with Gasteiger partial charge in [0.05, 0.1) is 16.7 Å². The van der Waals surface area contributed by atoms with Crippen molar-refractivity contribution in [3.05, 3.63) is 32.9 Å². The van der Waals surface area contributed by atoms with Crippen LogP contribution >= 0.6 is 34.4 Å². The van der Waals surface area contributed by atoms with Gasteiger partial charge in [-0.25, -0.2) is 9.79 Å². The summed E-state index contributed by atoms with van der Waals surface area (Å²) in [7, 11) is 0. The third-order valence-corrected chi connectivity index (χ3v) is 4.43. The van der Waals surface area contributed by atoms with Crippen molar-refractivity contribution in [2.75, 3.05) is 12.0 Å². The number of fused-ring (bicyclic) bond motifs is 1. The number of nitrogens with zero attached hydrogens (tertiary/aromatic N) is 1. The summed E-state index contributed by atoms with van der Waals surface area (Å²) in [6.45, 7) is 4.08. The standard InChI is InChI=1S/C13H14INO2S/c1-13(2,7-18-3)15-11-10-8(12(16)17-11)5-4-6-9(10)14/h4-6H,7H2,1-3H3/b15-11+. The number of carbonyl (C=O) groups is 1. The molecule has 1 aromatic carbocycles. The lowest BCUT2D eigenvalue weighted by molar-refractivity contribution is 0.0736. The van der Waals surface area contributed by atoms with Crippen LogP contribution in [-0.4, -0.2) is 29.4 Å². The Kier molecular flexibility index (Phi) is 4.01. The Morgan fingerprint density at radius 1 is 1.44 bits per heavy atom. The van der Waals surface area contributed by atoms with E-state index < -0.39 is 0 Å². The monoisotopic (exact) mass is 375 g/mol. The van der Waals surface area contributed by atoms with Gasteiger partial charge in [-0.1, -0.05) is 6.07 Å². The van der Waals surface area contributed by atoms with Gasteiger partial charge in [0.15, 0.2) is 0 Å². The molecule has 1 aliphatic heterocycles. The molecule has 0 atom stereocenters. The lowest BCUT2D eigenvalue weighted by Crippen LogP contribution is -2.23. The van der Waals surface area contributed by atoms with E-state index in [1.165, 1.54) is 0 Å². The lowest BCUT2D eigenvalue weighted by atomic mass is 10.1. The minimum absolute atomic E-state index is 0.241. The maximum absolute atomic E-state index is 11.8. The second-order valence-corrected chi connectivity index (χ2v) is 6.74. The van der Waals surface area contributed by atoms with Crippen molar-refractivity contribution in [2.45, 2.75) is 19.4 Å². The molecule has 3 nitrogen and oxygen atoms in total. The third-order valence-electron chi connectivity index (χ3n) is 2.54. The smallest absolute Gasteiger partial charge is 0.345 e. The number of halogens is 1. The second-order valence-electron chi connectivity index (χ2n) is 4.71. The van der Waals surface area contributed by atoms with Crippen LogP contribution in [0.4, 0.5) is 0 Å². The summed E-state index contributed by atoms with van der Waals surface area (Å²) in [5.41, 5.74) is 1.20. The SMILES string of the molecule is CSCC(C)(C)/N=C1/OC(=O)c2cccc(I)c21. The zero-order valence-corrected chi connectivity index (χ0v) is 13.5. The molecular formula is C13H14INO2S. The molecule has 0 saturated heterocycles. The number of cyclic esters (lactones) is 1. The second kappa shape index (κ2) is 5.21. The summed E-state index contributed by atoms with van der Waals surface area (Å²) in [5.74, 6) is 1.04. The Bertz CT molecular complexity index is 526. The molecule has 96 valence electrons. The molecule has 1 aliphatic rings. The number of thioether (sulfide) groups is 1. The van der Waals surface area contributed by atoms with Crippen LogP contribution in [0, 0.1) is 3.57 Å². The van der Waals surface area contributed by atoms with Crippen molar-refractivity contribution < 1.29 is 9.53 Å². The van der Waals surface area contributed by atoms with Crippen molar-refractivity contribution in [2.24, 2.45) is 4.99 Å². The third kappa shape index (κ3) is 2.71. The lowest BCUT2D eigenvalue weighted by Gasteiger charge is -2.18. The van der Waals surface area contributed by atoms with E-state index in [0.29, 0.717) is 11.5 Å². The van der Waals surface area contributed by atoms with E-state index in [-0.39, 0.29) is 11.5 Å².